The Morgan fingerprint density at radius 2 is 2.09 bits per heavy atom. The molecule has 0 unspecified atom stereocenters. The summed E-state index contributed by atoms with van der Waals surface area (Å²) in [5.74, 6) is -0.626. The molecule has 2 aromatic rings. The second-order valence-electron chi connectivity index (χ2n) is 4.31. The molecule has 1 N–H and O–H groups in total. The highest BCUT2D eigenvalue weighted by Crippen LogP contribution is 2.29. The number of alkyl halides is 3. The fraction of sp³-hybridized carbons (Fsp3) is 0.231. The topological polar surface area (TPSA) is 72.0 Å². The highest BCUT2D eigenvalue weighted by atomic mass is 32.2. The molecule has 0 atom stereocenters. The monoisotopic (exact) mass is 361 g/mol. The predicted octanol–water partition coefficient (Wildman–Crippen LogP) is 3.49. The summed E-state index contributed by atoms with van der Waals surface area (Å²) in [6, 6.07) is 2.12. The van der Waals surface area contributed by atoms with Gasteiger partial charge >= 0.3 is 6.18 Å². The Hall–Kier alpha value is -1.94. The first kappa shape index (κ1) is 17.4. The number of nitrogens with zero attached hydrogens (tertiary/aromatic N) is 2. The molecular formula is C13H10F3N3O2S2. The van der Waals surface area contributed by atoms with E-state index >= 15 is 0 Å². The molecule has 2 aromatic heterocycles. The number of thioether (sulfide) groups is 1. The van der Waals surface area contributed by atoms with Crippen molar-refractivity contribution in [1.82, 2.24) is 9.97 Å². The van der Waals surface area contributed by atoms with E-state index in [4.69, 9.17) is 0 Å². The number of aromatic nitrogens is 2. The fourth-order valence-electron chi connectivity index (χ4n) is 1.42. The van der Waals surface area contributed by atoms with Gasteiger partial charge in [0, 0.05) is 18.5 Å². The molecule has 1 amide bonds. The van der Waals surface area contributed by atoms with Gasteiger partial charge in [0.05, 0.1) is 16.3 Å². The van der Waals surface area contributed by atoms with E-state index in [1.54, 1.807) is 0 Å². The average molecular weight is 361 g/mol. The van der Waals surface area contributed by atoms with Crippen molar-refractivity contribution in [3.05, 3.63) is 35.0 Å². The van der Waals surface area contributed by atoms with Gasteiger partial charge in [-0.25, -0.2) is 9.97 Å². The van der Waals surface area contributed by atoms with Crippen LogP contribution in [0.3, 0.4) is 0 Å². The maximum atomic E-state index is 12.4. The molecule has 0 aliphatic heterocycles. The van der Waals surface area contributed by atoms with Gasteiger partial charge in [-0.2, -0.15) is 13.2 Å². The zero-order chi connectivity index (χ0) is 17.0. The molecule has 0 aromatic carbocycles. The molecule has 0 bridgehead atoms. The van der Waals surface area contributed by atoms with E-state index in [1.165, 1.54) is 18.4 Å². The minimum absolute atomic E-state index is 0.0344. The quantitative estimate of drug-likeness (QED) is 0.652. The molecule has 0 aliphatic carbocycles. The number of nitrogens with one attached hydrogen (secondary N) is 1. The third kappa shape index (κ3) is 5.03. The first-order valence-corrected chi connectivity index (χ1v) is 8.04. The van der Waals surface area contributed by atoms with Crippen LogP contribution in [0.2, 0.25) is 0 Å². The summed E-state index contributed by atoms with van der Waals surface area (Å²) in [5, 5.41) is 4.64. The SMILES string of the molecule is CC(=O)c1csc(NC(=O)CSc2ccc(C(F)(F)F)cn2)n1. The molecule has 0 spiro atoms. The first-order valence-electron chi connectivity index (χ1n) is 6.18. The Kier molecular flexibility index (Phi) is 5.37. The van der Waals surface area contributed by atoms with Crippen molar-refractivity contribution >= 4 is 39.9 Å². The number of carbonyl (C=O) groups is 2. The largest absolute Gasteiger partial charge is 0.417 e. The Morgan fingerprint density at radius 1 is 1.35 bits per heavy atom. The molecule has 122 valence electrons. The molecule has 0 radical (unpaired) electrons. The zero-order valence-electron chi connectivity index (χ0n) is 11.7. The Balaban J connectivity index is 1.87. The van der Waals surface area contributed by atoms with E-state index in [0.29, 0.717) is 10.2 Å². The van der Waals surface area contributed by atoms with E-state index in [-0.39, 0.29) is 23.1 Å². The number of hydrogen-bond acceptors (Lipinski definition) is 6. The summed E-state index contributed by atoms with van der Waals surface area (Å²) >= 11 is 2.12. The molecule has 0 aliphatic rings. The van der Waals surface area contributed by atoms with Crippen LogP contribution in [-0.4, -0.2) is 27.4 Å². The van der Waals surface area contributed by atoms with E-state index in [2.05, 4.69) is 15.3 Å². The molecule has 10 heteroatoms. The van der Waals surface area contributed by atoms with Gasteiger partial charge in [0.25, 0.3) is 0 Å². The van der Waals surface area contributed by atoms with Crippen LogP contribution < -0.4 is 5.32 Å². The predicted molar refractivity (Wildman–Crippen MR) is 80.7 cm³/mol. The number of pyridine rings is 1. The van der Waals surface area contributed by atoms with Crippen LogP contribution in [0.1, 0.15) is 23.0 Å². The lowest BCUT2D eigenvalue weighted by Crippen LogP contribution is -2.14. The van der Waals surface area contributed by atoms with E-state index in [0.717, 1.165) is 35.4 Å². The maximum Gasteiger partial charge on any atom is 0.417 e. The van der Waals surface area contributed by atoms with Gasteiger partial charge in [-0.3, -0.25) is 9.59 Å². The Morgan fingerprint density at radius 3 is 2.61 bits per heavy atom. The van der Waals surface area contributed by atoms with Crippen molar-refractivity contribution in [2.75, 3.05) is 11.1 Å². The number of amides is 1. The molecular weight excluding hydrogens is 351 g/mol. The Labute approximate surface area is 137 Å². The summed E-state index contributed by atoms with van der Waals surface area (Å²) < 4.78 is 37.2. The third-order valence-corrected chi connectivity index (χ3v) is 4.23. The number of Topliss-reactive ketones (excluding diaryl/α,β-unsaturated/α-hetero) is 1. The molecule has 0 saturated heterocycles. The van der Waals surface area contributed by atoms with E-state index < -0.39 is 11.7 Å². The minimum atomic E-state index is -4.44. The number of anilines is 1. The van der Waals surface area contributed by atoms with Gasteiger partial charge in [0.1, 0.15) is 5.69 Å². The van der Waals surface area contributed by atoms with Crippen LogP contribution >= 0.6 is 23.1 Å². The van der Waals surface area contributed by atoms with Crippen LogP contribution in [0.15, 0.2) is 28.7 Å². The van der Waals surface area contributed by atoms with Gasteiger partial charge in [-0.1, -0.05) is 11.8 Å². The standard InChI is InChI=1S/C13H10F3N3O2S2/c1-7(20)9-5-23-12(18-9)19-10(21)6-22-11-3-2-8(4-17-11)13(14,15)16/h2-5H,6H2,1H3,(H,18,19,21). The van der Waals surface area contributed by atoms with Gasteiger partial charge in [-0.15, -0.1) is 11.3 Å². The van der Waals surface area contributed by atoms with Crippen LogP contribution in [0.5, 0.6) is 0 Å². The van der Waals surface area contributed by atoms with Crippen molar-refractivity contribution in [1.29, 1.82) is 0 Å². The molecule has 2 heterocycles. The number of ketones is 1. The number of carbonyl (C=O) groups excluding carboxylic acids is 2. The zero-order valence-corrected chi connectivity index (χ0v) is 13.3. The summed E-state index contributed by atoms with van der Waals surface area (Å²) in [4.78, 5) is 30.4. The lowest BCUT2D eigenvalue weighted by atomic mass is 10.3. The van der Waals surface area contributed by atoms with Crippen molar-refractivity contribution in [3.63, 3.8) is 0 Å². The number of halogens is 3. The lowest BCUT2D eigenvalue weighted by molar-refractivity contribution is -0.137. The molecule has 23 heavy (non-hydrogen) atoms. The summed E-state index contributed by atoms with van der Waals surface area (Å²) in [6.07, 6.45) is -3.72. The highest BCUT2D eigenvalue weighted by molar-refractivity contribution is 7.99. The second-order valence-corrected chi connectivity index (χ2v) is 6.17. The van der Waals surface area contributed by atoms with Gasteiger partial charge in [-0.05, 0) is 12.1 Å². The number of thiazole rings is 1. The number of rotatable bonds is 5. The van der Waals surface area contributed by atoms with E-state index in [1.807, 2.05) is 0 Å². The summed E-state index contributed by atoms with van der Waals surface area (Å²) in [5.41, 5.74) is -0.576. The van der Waals surface area contributed by atoms with Crippen molar-refractivity contribution in [3.8, 4) is 0 Å². The lowest BCUT2D eigenvalue weighted by Gasteiger charge is -2.06. The van der Waals surface area contributed by atoms with Crippen molar-refractivity contribution in [2.24, 2.45) is 0 Å². The maximum absolute atomic E-state index is 12.4. The van der Waals surface area contributed by atoms with Crippen LogP contribution in [0, 0.1) is 0 Å². The molecule has 0 saturated carbocycles. The average Bonchev–Trinajstić information content (AvgIpc) is 2.93. The van der Waals surface area contributed by atoms with Gasteiger partial charge < -0.3 is 5.32 Å². The van der Waals surface area contributed by atoms with Crippen LogP contribution in [0.25, 0.3) is 0 Å². The van der Waals surface area contributed by atoms with Crippen molar-refractivity contribution < 1.29 is 22.8 Å². The first-order chi connectivity index (χ1) is 10.8. The van der Waals surface area contributed by atoms with Crippen LogP contribution in [0.4, 0.5) is 18.3 Å². The summed E-state index contributed by atoms with van der Waals surface area (Å²) in [7, 11) is 0. The Bertz CT molecular complexity index is 714. The smallest absolute Gasteiger partial charge is 0.301 e. The molecule has 2 rings (SSSR count). The van der Waals surface area contributed by atoms with Crippen molar-refractivity contribution in [2.45, 2.75) is 18.1 Å². The molecule has 0 fully saturated rings. The highest BCUT2D eigenvalue weighted by Gasteiger charge is 2.30. The minimum Gasteiger partial charge on any atom is -0.301 e. The second kappa shape index (κ2) is 7.09. The number of hydrogen-bond donors (Lipinski definition) is 1. The van der Waals surface area contributed by atoms with Gasteiger partial charge in [0.2, 0.25) is 5.91 Å². The van der Waals surface area contributed by atoms with Gasteiger partial charge in [0.15, 0.2) is 10.9 Å². The van der Waals surface area contributed by atoms with Crippen LogP contribution in [-0.2, 0) is 11.0 Å². The third-order valence-electron chi connectivity index (χ3n) is 2.53. The normalized spacial score (nSPS) is 11.3. The summed E-state index contributed by atoms with van der Waals surface area (Å²) in [6.45, 7) is 1.37. The van der Waals surface area contributed by atoms with E-state index in [9.17, 15) is 22.8 Å². The molecule has 5 nitrogen and oxygen atoms in total. The fourth-order valence-corrected chi connectivity index (χ4v) is 2.83.